The van der Waals surface area contributed by atoms with Crippen LogP contribution in [0.4, 0.5) is 13.2 Å². The molecular weight excluding hydrogens is 425 g/mol. The molecule has 0 saturated heterocycles. The molecule has 0 fully saturated rings. The van der Waals surface area contributed by atoms with Crippen molar-refractivity contribution in [2.24, 2.45) is 0 Å². The van der Waals surface area contributed by atoms with Crippen molar-refractivity contribution in [2.75, 3.05) is 20.2 Å². The number of halogens is 3. The molecule has 10 heteroatoms. The van der Waals surface area contributed by atoms with Gasteiger partial charge >= 0.3 is 6.18 Å². The highest BCUT2D eigenvalue weighted by Gasteiger charge is 2.40. The number of hydrogen-bond donors (Lipinski definition) is 2. The Morgan fingerprint density at radius 2 is 1.56 bits per heavy atom. The van der Waals surface area contributed by atoms with Gasteiger partial charge < -0.3 is 15.4 Å². The summed E-state index contributed by atoms with van der Waals surface area (Å²) in [5, 5.41) is 8.74. The number of carbonyl (C=O) groups is 2. The zero-order valence-electron chi connectivity index (χ0n) is 17.4. The van der Waals surface area contributed by atoms with Gasteiger partial charge in [0.25, 0.3) is 11.8 Å². The number of benzene rings is 2. The quantitative estimate of drug-likeness (QED) is 0.545. The number of carbonyl (C=O) groups excluding carboxylic acids is 2. The molecule has 0 saturated carbocycles. The van der Waals surface area contributed by atoms with Gasteiger partial charge in [0, 0.05) is 18.7 Å². The van der Waals surface area contributed by atoms with Crippen molar-refractivity contribution in [2.45, 2.75) is 13.1 Å². The van der Waals surface area contributed by atoms with Crippen molar-refractivity contribution in [3.05, 3.63) is 77.1 Å². The summed E-state index contributed by atoms with van der Waals surface area (Å²) < 4.78 is 46.8. The average Bonchev–Trinajstić information content (AvgIpc) is 3.23. The van der Waals surface area contributed by atoms with Crippen molar-refractivity contribution < 1.29 is 27.5 Å². The Labute approximate surface area is 182 Å². The van der Waals surface area contributed by atoms with Crippen LogP contribution in [-0.2, 0) is 6.18 Å². The Kier molecular flexibility index (Phi) is 6.82. The molecule has 2 aromatic carbocycles. The minimum absolute atomic E-state index is 0.0318. The van der Waals surface area contributed by atoms with Gasteiger partial charge in [-0.1, -0.05) is 17.7 Å². The van der Waals surface area contributed by atoms with Crippen LogP contribution < -0.4 is 15.4 Å². The van der Waals surface area contributed by atoms with Crippen molar-refractivity contribution in [3.63, 3.8) is 0 Å². The van der Waals surface area contributed by atoms with Gasteiger partial charge in [-0.2, -0.15) is 18.3 Å². The lowest BCUT2D eigenvalue weighted by Gasteiger charge is -2.13. The Bertz CT molecular complexity index is 1090. The first kappa shape index (κ1) is 22.9. The minimum Gasteiger partial charge on any atom is -0.497 e. The van der Waals surface area contributed by atoms with E-state index in [1.54, 1.807) is 36.4 Å². The summed E-state index contributed by atoms with van der Waals surface area (Å²) >= 11 is 0. The van der Waals surface area contributed by atoms with E-state index in [0.29, 0.717) is 16.0 Å². The van der Waals surface area contributed by atoms with Crippen LogP contribution in [-0.4, -0.2) is 41.8 Å². The molecule has 168 valence electrons. The molecule has 0 aliphatic rings. The van der Waals surface area contributed by atoms with E-state index in [0.717, 1.165) is 11.8 Å². The molecule has 3 aromatic rings. The van der Waals surface area contributed by atoms with Gasteiger partial charge in [-0.25, -0.2) is 4.68 Å². The summed E-state index contributed by atoms with van der Waals surface area (Å²) in [5.74, 6) is -0.722. The lowest BCUT2D eigenvalue weighted by Crippen LogP contribution is -2.35. The smallest absolute Gasteiger partial charge is 0.434 e. The number of hydrogen-bond acceptors (Lipinski definition) is 4. The van der Waals surface area contributed by atoms with Gasteiger partial charge in [-0.05, 0) is 43.3 Å². The van der Waals surface area contributed by atoms with E-state index in [4.69, 9.17) is 4.74 Å². The third-order valence-electron chi connectivity index (χ3n) is 4.61. The summed E-state index contributed by atoms with van der Waals surface area (Å²) in [5.41, 5.74) is -0.311. The normalized spacial score (nSPS) is 11.2. The Balaban J connectivity index is 1.64. The van der Waals surface area contributed by atoms with E-state index in [2.05, 4.69) is 15.7 Å². The van der Waals surface area contributed by atoms with Crippen LogP contribution in [0.25, 0.3) is 5.69 Å². The van der Waals surface area contributed by atoms with Gasteiger partial charge in [0.05, 0.1) is 24.6 Å². The monoisotopic (exact) mass is 446 g/mol. The van der Waals surface area contributed by atoms with Crippen LogP contribution in [0, 0.1) is 6.92 Å². The number of nitrogens with zero attached hydrogens (tertiary/aromatic N) is 2. The summed E-state index contributed by atoms with van der Waals surface area (Å²) in [6.45, 7) is 1.78. The summed E-state index contributed by atoms with van der Waals surface area (Å²) in [4.78, 5) is 24.5. The van der Waals surface area contributed by atoms with Gasteiger partial charge in [0.2, 0.25) is 0 Å². The second-order valence-corrected chi connectivity index (χ2v) is 6.89. The lowest BCUT2D eigenvalue weighted by molar-refractivity contribution is -0.143. The van der Waals surface area contributed by atoms with Crippen molar-refractivity contribution in [1.29, 1.82) is 0 Å². The minimum atomic E-state index is -4.79. The summed E-state index contributed by atoms with van der Waals surface area (Å²) in [6, 6.07) is 12.7. The number of aromatic nitrogens is 2. The van der Waals surface area contributed by atoms with Crippen molar-refractivity contribution >= 4 is 11.8 Å². The lowest BCUT2D eigenvalue weighted by atomic mass is 10.2. The fraction of sp³-hybridized carbons (Fsp3) is 0.227. The summed E-state index contributed by atoms with van der Waals surface area (Å²) in [7, 11) is 1.51. The van der Waals surface area contributed by atoms with Crippen LogP contribution in [0.3, 0.4) is 0 Å². The first-order chi connectivity index (χ1) is 15.2. The Morgan fingerprint density at radius 1 is 0.969 bits per heavy atom. The maximum absolute atomic E-state index is 13.7. The van der Waals surface area contributed by atoms with Crippen LogP contribution >= 0.6 is 0 Å². The molecule has 0 aliphatic carbocycles. The topological polar surface area (TPSA) is 85.2 Å². The number of amides is 2. The molecule has 3 rings (SSSR count). The SMILES string of the molecule is COc1ccc(C(=O)NCCNC(=O)c2cnn(-c3ccc(C)cc3)c2C(F)(F)F)cc1. The molecular formula is C22H21F3N4O3. The Morgan fingerprint density at radius 3 is 2.12 bits per heavy atom. The van der Waals surface area contributed by atoms with Gasteiger partial charge in [0.15, 0.2) is 5.69 Å². The predicted octanol–water partition coefficient (Wildman–Crippen LogP) is 3.37. The molecule has 32 heavy (non-hydrogen) atoms. The van der Waals surface area contributed by atoms with E-state index in [-0.39, 0.29) is 24.7 Å². The maximum atomic E-state index is 13.7. The van der Waals surface area contributed by atoms with Gasteiger partial charge in [-0.3, -0.25) is 9.59 Å². The molecule has 0 radical (unpaired) electrons. The van der Waals surface area contributed by atoms with Crippen molar-refractivity contribution in [1.82, 2.24) is 20.4 Å². The number of alkyl halides is 3. The molecule has 1 aromatic heterocycles. The fourth-order valence-electron chi connectivity index (χ4n) is 2.96. The molecule has 0 atom stereocenters. The number of nitrogens with one attached hydrogen (secondary N) is 2. The number of rotatable bonds is 7. The highest BCUT2D eigenvalue weighted by atomic mass is 19.4. The highest BCUT2D eigenvalue weighted by molar-refractivity contribution is 5.96. The highest BCUT2D eigenvalue weighted by Crippen LogP contribution is 2.33. The average molecular weight is 446 g/mol. The second kappa shape index (κ2) is 9.54. The van der Waals surface area contributed by atoms with E-state index < -0.39 is 23.3 Å². The molecule has 0 bridgehead atoms. The molecule has 0 unspecified atom stereocenters. The van der Waals surface area contributed by atoms with Gasteiger partial charge in [-0.15, -0.1) is 0 Å². The van der Waals surface area contributed by atoms with Crippen LogP contribution in [0.5, 0.6) is 5.75 Å². The standard InChI is InChI=1S/C22H21F3N4O3/c1-14-3-7-16(8-4-14)29-19(22(23,24)25)18(13-28-29)21(31)27-12-11-26-20(30)15-5-9-17(32-2)10-6-15/h3-10,13H,11-12H2,1-2H3,(H,26,30)(H,27,31). The van der Waals surface area contributed by atoms with Crippen molar-refractivity contribution in [3.8, 4) is 11.4 Å². The number of methoxy groups -OCH3 is 1. The van der Waals surface area contributed by atoms with Crippen LogP contribution in [0.15, 0.2) is 54.7 Å². The van der Waals surface area contributed by atoms with E-state index in [1.165, 1.54) is 19.2 Å². The van der Waals surface area contributed by atoms with E-state index >= 15 is 0 Å². The second-order valence-electron chi connectivity index (χ2n) is 6.89. The molecule has 0 spiro atoms. The molecule has 1 heterocycles. The number of ether oxygens (including phenoxy) is 1. The Hall–Kier alpha value is -3.82. The zero-order chi connectivity index (χ0) is 23.3. The zero-order valence-corrected chi connectivity index (χ0v) is 17.4. The van der Waals surface area contributed by atoms with E-state index in [1.807, 2.05) is 6.92 Å². The predicted molar refractivity (Wildman–Crippen MR) is 111 cm³/mol. The van der Waals surface area contributed by atoms with Gasteiger partial charge in [0.1, 0.15) is 5.75 Å². The first-order valence-corrected chi connectivity index (χ1v) is 9.63. The maximum Gasteiger partial charge on any atom is 0.434 e. The summed E-state index contributed by atoms with van der Waals surface area (Å²) in [6.07, 6.45) is -3.91. The fourth-order valence-corrected chi connectivity index (χ4v) is 2.96. The third-order valence-corrected chi connectivity index (χ3v) is 4.61. The molecule has 7 nitrogen and oxygen atoms in total. The number of aryl methyl sites for hydroxylation is 1. The third kappa shape index (κ3) is 5.26. The largest absolute Gasteiger partial charge is 0.497 e. The van der Waals surface area contributed by atoms with Crippen LogP contribution in [0.1, 0.15) is 32.0 Å². The molecule has 2 amide bonds. The molecule has 0 aliphatic heterocycles. The van der Waals surface area contributed by atoms with E-state index in [9.17, 15) is 22.8 Å². The first-order valence-electron chi connectivity index (χ1n) is 9.63. The van der Waals surface area contributed by atoms with Crippen LogP contribution in [0.2, 0.25) is 0 Å². The molecule has 2 N–H and O–H groups in total.